The van der Waals surface area contributed by atoms with Crippen LogP contribution in [0.3, 0.4) is 0 Å². The molecule has 5 heteroatoms. The Balaban J connectivity index is 1.94. The van der Waals surface area contributed by atoms with Crippen LogP contribution in [0.2, 0.25) is 0 Å². The third-order valence-electron chi connectivity index (χ3n) is 3.04. The van der Waals surface area contributed by atoms with Gasteiger partial charge in [0.25, 0.3) is 5.91 Å². The molecule has 110 valence electrons. The zero-order chi connectivity index (χ0) is 15.1. The quantitative estimate of drug-likeness (QED) is 0.883. The van der Waals surface area contributed by atoms with Gasteiger partial charge in [0.05, 0.1) is 14.2 Å². The van der Waals surface area contributed by atoms with Crippen LogP contribution in [0.5, 0.6) is 11.5 Å². The van der Waals surface area contributed by atoms with Crippen LogP contribution in [0, 0.1) is 0 Å². The lowest BCUT2D eigenvalue weighted by atomic mass is 10.2. The van der Waals surface area contributed by atoms with Crippen LogP contribution >= 0.6 is 0 Å². The number of rotatable bonds is 6. The molecule has 0 saturated carbocycles. The number of ether oxygens (including phenoxy) is 2. The van der Waals surface area contributed by atoms with E-state index in [9.17, 15) is 4.79 Å². The normalized spacial score (nSPS) is 10.0. The fraction of sp³-hybridized carbons (Fsp3) is 0.250. The molecule has 1 aromatic carbocycles. The van der Waals surface area contributed by atoms with Crippen LogP contribution in [0.1, 0.15) is 16.1 Å². The SMILES string of the molecule is COc1ccc(C(=O)NCCc2ccccn2)cc1OC. The van der Waals surface area contributed by atoms with Gasteiger partial charge in [-0.1, -0.05) is 6.07 Å². The predicted octanol–water partition coefficient (Wildman–Crippen LogP) is 2.07. The second kappa shape index (κ2) is 7.28. The molecule has 1 amide bonds. The summed E-state index contributed by atoms with van der Waals surface area (Å²) in [5, 5.41) is 2.86. The molecule has 0 aliphatic heterocycles. The fourth-order valence-corrected chi connectivity index (χ4v) is 1.93. The lowest BCUT2D eigenvalue weighted by molar-refractivity contribution is 0.0953. The van der Waals surface area contributed by atoms with Crippen molar-refractivity contribution >= 4 is 5.91 Å². The van der Waals surface area contributed by atoms with Gasteiger partial charge in [0.1, 0.15) is 0 Å². The topological polar surface area (TPSA) is 60.5 Å². The third-order valence-corrected chi connectivity index (χ3v) is 3.04. The van der Waals surface area contributed by atoms with Gasteiger partial charge in [-0.2, -0.15) is 0 Å². The van der Waals surface area contributed by atoms with Crippen LogP contribution in [0.25, 0.3) is 0 Å². The van der Waals surface area contributed by atoms with Gasteiger partial charge in [-0.25, -0.2) is 0 Å². The average Bonchev–Trinajstić information content (AvgIpc) is 2.55. The first-order chi connectivity index (χ1) is 10.2. The first kappa shape index (κ1) is 14.8. The van der Waals surface area contributed by atoms with Crippen LogP contribution in [-0.4, -0.2) is 31.7 Å². The van der Waals surface area contributed by atoms with Gasteiger partial charge in [-0.3, -0.25) is 9.78 Å². The Labute approximate surface area is 123 Å². The van der Waals surface area contributed by atoms with Crippen LogP contribution in [0.15, 0.2) is 42.6 Å². The summed E-state index contributed by atoms with van der Waals surface area (Å²) in [5.41, 5.74) is 1.48. The lowest BCUT2D eigenvalue weighted by Gasteiger charge is -2.10. The van der Waals surface area contributed by atoms with E-state index < -0.39 is 0 Å². The summed E-state index contributed by atoms with van der Waals surface area (Å²) in [6.07, 6.45) is 2.44. The summed E-state index contributed by atoms with van der Waals surface area (Å²) >= 11 is 0. The highest BCUT2D eigenvalue weighted by Crippen LogP contribution is 2.27. The van der Waals surface area contributed by atoms with Crippen molar-refractivity contribution in [2.45, 2.75) is 6.42 Å². The number of aromatic nitrogens is 1. The Morgan fingerprint density at radius 3 is 2.62 bits per heavy atom. The molecule has 2 aromatic rings. The van der Waals surface area contributed by atoms with Crippen LogP contribution in [-0.2, 0) is 6.42 Å². The van der Waals surface area contributed by atoms with Crippen molar-refractivity contribution < 1.29 is 14.3 Å². The highest BCUT2D eigenvalue weighted by molar-refractivity contribution is 5.94. The summed E-state index contributed by atoms with van der Waals surface area (Å²) in [6.45, 7) is 0.532. The van der Waals surface area contributed by atoms with Gasteiger partial charge in [0.15, 0.2) is 11.5 Å². The minimum atomic E-state index is -0.146. The molecule has 1 heterocycles. The zero-order valence-electron chi connectivity index (χ0n) is 12.1. The van der Waals surface area contributed by atoms with Crippen molar-refractivity contribution in [2.24, 2.45) is 0 Å². The largest absolute Gasteiger partial charge is 0.493 e. The van der Waals surface area contributed by atoms with E-state index in [0.29, 0.717) is 30.0 Å². The molecule has 0 unspecified atom stereocenters. The molecule has 0 spiro atoms. The number of hydrogen-bond acceptors (Lipinski definition) is 4. The van der Waals surface area contributed by atoms with Gasteiger partial charge in [-0.15, -0.1) is 0 Å². The molecule has 0 saturated heterocycles. The molecule has 0 aliphatic rings. The summed E-state index contributed by atoms with van der Waals surface area (Å²) in [6, 6.07) is 10.8. The number of amides is 1. The highest BCUT2D eigenvalue weighted by Gasteiger charge is 2.10. The highest BCUT2D eigenvalue weighted by atomic mass is 16.5. The van der Waals surface area contributed by atoms with Crippen LogP contribution in [0.4, 0.5) is 0 Å². The van der Waals surface area contributed by atoms with Gasteiger partial charge in [-0.05, 0) is 30.3 Å². The van der Waals surface area contributed by atoms with E-state index >= 15 is 0 Å². The van der Waals surface area contributed by atoms with E-state index in [1.165, 1.54) is 0 Å². The Bertz CT molecular complexity index is 600. The number of carbonyl (C=O) groups excluding carboxylic acids is 1. The monoisotopic (exact) mass is 286 g/mol. The Morgan fingerprint density at radius 1 is 1.14 bits per heavy atom. The van der Waals surface area contributed by atoms with Crippen molar-refractivity contribution in [1.29, 1.82) is 0 Å². The number of nitrogens with zero attached hydrogens (tertiary/aromatic N) is 1. The average molecular weight is 286 g/mol. The van der Waals surface area contributed by atoms with Gasteiger partial charge < -0.3 is 14.8 Å². The van der Waals surface area contributed by atoms with Crippen molar-refractivity contribution in [1.82, 2.24) is 10.3 Å². The van der Waals surface area contributed by atoms with E-state index in [2.05, 4.69) is 10.3 Å². The van der Waals surface area contributed by atoms with E-state index in [1.54, 1.807) is 38.6 Å². The van der Waals surface area contributed by atoms with Crippen molar-refractivity contribution in [3.63, 3.8) is 0 Å². The van der Waals surface area contributed by atoms with Gasteiger partial charge in [0.2, 0.25) is 0 Å². The number of pyridine rings is 1. The molecule has 1 N–H and O–H groups in total. The molecule has 21 heavy (non-hydrogen) atoms. The molecule has 1 aromatic heterocycles. The first-order valence-corrected chi connectivity index (χ1v) is 6.64. The maximum absolute atomic E-state index is 12.1. The number of nitrogens with one attached hydrogen (secondary N) is 1. The smallest absolute Gasteiger partial charge is 0.251 e. The lowest BCUT2D eigenvalue weighted by Crippen LogP contribution is -2.25. The first-order valence-electron chi connectivity index (χ1n) is 6.64. The van der Waals surface area contributed by atoms with E-state index in [0.717, 1.165) is 5.69 Å². The molecule has 5 nitrogen and oxygen atoms in total. The Hall–Kier alpha value is -2.56. The molecule has 0 fully saturated rings. The van der Waals surface area contributed by atoms with Crippen molar-refractivity contribution in [3.05, 3.63) is 53.9 Å². The molecular formula is C16H18N2O3. The molecule has 0 radical (unpaired) electrons. The summed E-state index contributed by atoms with van der Waals surface area (Å²) in [7, 11) is 3.10. The van der Waals surface area contributed by atoms with E-state index in [1.807, 2.05) is 18.2 Å². The maximum atomic E-state index is 12.1. The predicted molar refractivity (Wildman–Crippen MR) is 79.8 cm³/mol. The van der Waals surface area contributed by atoms with Crippen molar-refractivity contribution in [2.75, 3.05) is 20.8 Å². The van der Waals surface area contributed by atoms with Crippen LogP contribution < -0.4 is 14.8 Å². The fourth-order valence-electron chi connectivity index (χ4n) is 1.93. The van der Waals surface area contributed by atoms with Gasteiger partial charge in [0, 0.05) is 30.4 Å². The molecular weight excluding hydrogens is 268 g/mol. The Morgan fingerprint density at radius 2 is 1.95 bits per heavy atom. The molecule has 0 atom stereocenters. The van der Waals surface area contributed by atoms with Crippen molar-refractivity contribution in [3.8, 4) is 11.5 Å². The second-order valence-corrected chi connectivity index (χ2v) is 4.40. The van der Waals surface area contributed by atoms with E-state index in [4.69, 9.17) is 9.47 Å². The number of benzene rings is 1. The third kappa shape index (κ3) is 3.95. The minimum absolute atomic E-state index is 0.146. The van der Waals surface area contributed by atoms with E-state index in [-0.39, 0.29) is 5.91 Å². The second-order valence-electron chi connectivity index (χ2n) is 4.40. The van der Waals surface area contributed by atoms with Gasteiger partial charge >= 0.3 is 0 Å². The minimum Gasteiger partial charge on any atom is -0.493 e. The number of methoxy groups -OCH3 is 2. The molecule has 0 bridgehead atoms. The summed E-state index contributed by atoms with van der Waals surface area (Å²) < 4.78 is 10.3. The summed E-state index contributed by atoms with van der Waals surface area (Å²) in [5.74, 6) is 0.990. The standard InChI is InChI=1S/C16H18N2O3/c1-20-14-7-6-12(11-15(14)21-2)16(19)18-10-8-13-5-3-4-9-17-13/h3-7,9,11H,8,10H2,1-2H3,(H,18,19). The summed E-state index contributed by atoms with van der Waals surface area (Å²) in [4.78, 5) is 16.3. The molecule has 2 rings (SSSR count). The number of carbonyl (C=O) groups is 1. The maximum Gasteiger partial charge on any atom is 0.251 e. The Kier molecular flexibility index (Phi) is 5.15. The zero-order valence-corrected chi connectivity index (χ0v) is 12.1. The number of hydrogen-bond donors (Lipinski definition) is 1. The molecule has 0 aliphatic carbocycles.